The van der Waals surface area contributed by atoms with Gasteiger partial charge < -0.3 is 14.8 Å². The van der Waals surface area contributed by atoms with Gasteiger partial charge in [-0.1, -0.05) is 59.1 Å². The van der Waals surface area contributed by atoms with Gasteiger partial charge in [0.2, 0.25) is 0 Å². The van der Waals surface area contributed by atoms with E-state index in [1.807, 2.05) is 42.5 Å². The minimum absolute atomic E-state index is 0.136. The molecule has 1 saturated heterocycles. The standard InChI is InChI=1S/C24H17Cl3N2O3S/c1-31-21-8-7-14(9-15(21)13-32-22-18(26)11-16(25)12-19(22)27)10-20-23(30)29(24(33)28-20)17-5-3-2-4-6-17/h2-12H,13H2,1H3,(H,28,33)/b20-10+. The summed E-state index contributed by atoms with van der Waals surface area (Å²) in [4.78, 5) is 14.4. The van der Waals surface area contributed by atoms with Crippen molar-refractivity contribution >= 4 is 69.8 Å². The number of hydrogen-bond acceptors (Lipinski definition) is 4. The van der Waals surface area contributed by atoms with Gasteiger partial charge in [-0.05, 0) is 60.3 Å². The predicted molar refractivity (Wildman–Crippen MR) is 136 cm³/mol. The summed E-state index contributed by atoms with van der Waals surface area (Å²) in [5.41, 5.74) is 2.56. The maximum absolute atomic E-state index is 13.0. The summed E-state index contributed by atoms with van der Waals surface area (Å²) in [5.74, 6) is 0.704. The number of carbonyl (C=O) groups is 1. The normalized spacial score (nSPS) is 14.5. The summed E-state index contributed by atoms with van der Waals surface area (Å²) < 4.78 is 11.3. The Bertz CT molecular complexity index is 1240. The average molecular weight is 520 g/mol. The highest BCUT2D eigenvalue weighted by Gasteiger charge is 2.31. The maximum atomic E-state index is 13.0. The molecular formula is C24H17Cl3N2O3S. The first kappa shape index (κ1) is 23.4. The zero-order valence-electron chi connectivity index (χ0n) is 17.3. The molecule has 1 fully saturated rings. The van der Waals surface area contributed by atoms with E-state index in [9.17, 15) is 4.79 Å². The Kier molecular flexibility index (Phi) is 7.10. The lowest BCUT2D eigenvalue weighted by Crippen LogP contribution is -2.30. The lowest BCUT2D eigenvalue weighted by atomic mass is 10.1. The molecule has 3 aromatic rings. The number of ether oxygens (including phenoxy) is 2. The Morgan fingerprint density at radius 3 is 2.39 bits per heavy atom. The number of thiocarbonyl (C=S) groups is 1. The Morgan fingerprint density at radius 1 is 1.03 bits per heavy atom. The number of nitrogens with one attached hydrogen (secondary N) is 1. The smallest absolute Gasteiger partial charge is 0.281 e. The number of halogens is 3. The highest BCUT2D eigenvalue weighted by molar-refractivity contribution is 7.80. The van der Waals surface area contributed by atoms with Crippen molar-refractivity contribution in [3.63, 3.8) is 0 Å². The number of rotatable bonds is 6. The summed E-state index contributed by atoms with van der Waals surface area (Å²) in [6.07, 6.45) is 1.72. The van der Waals surface area contributed by atoms with Crippen molar-refractivity contribution in [2.75, 3.05) is 12.0 Å². The molecule has 1 aliphatic rings. The van der Waals surface area contributed by atoms with Gasteiger partial charge in [-0.25, -0.2) is 0 Å². The van der Waals surface area contributed by atoms with Crippen molar-refractivity contribution in [2.45, 2.75) is 6.61 Å². The topological polar surface area (TPSA) is 50.8 Å². The van der Waals surface area contributed by atoms with Crippen LogP contribution in [0.4, 0.5) is 5.69 Å². The third-order valence-electron chi connectivity index (χ3n) is 4.84. The van der Waals surface area contributed by atoms with Crippen LogP contribution in [0.1, 0.15) is 11.1 Å². The number of benzene rings is 3. The third-order valence-corrected chi connectivity index (χ3v) is 5.91. The molecule has 0 saturated carbocycles. The number of anilines is 1. The Labute approximate surface area is 211 Å². The van der Waals surface area contributed by atoms with Crippen LogP contribution in [0.5, 0.6) is 11.5 Å². The van der Waals surface area contributed by atoms with E-state index in [-0.39, 0.29) is 12.5 Å². The molecule has 0 radical (unpaired) electrons. The van der Waals surface area contributed by atoms with Gasteiger partial charge in [-0.2, -0.15) is 0 Å². The van der Waals surface area contributed by atoms with E-state index < -0.39 is 0 Å². The molecule has 0 aliphatic carbocycles. The van der Waals surface area contributed by atoms with E-state index in [2.05, 4.69) is 5.32 Å². The van der Waals surface area contributed by atoms with Gasteiger partial charge in [0.1, 0.15) is 18.1 Å². The molecule has 5 nitrogen and oxygen atoms in total. The second-order valence-electron chi connectivity index (χ2n) is 7.02. The maximum Gasteiger partial charge on any atom is 0.281 e. The van der Waals surface area contributed by atoms with Crippen molar-refractivity contribution in [2.24, 2.45) is 0 Å². The number of para-hydroxylation sites is 1. The van der Waals surface area contributed by atoms with Crippen LogP contribution in [0.15, 0.2) is 66.4 Å². The van der Waals surface area contributed by atoms with Crippen LogP contribution in [0.2, 0.25) is 15.1 Å². The number of nitrogens with zero attached hydrogens (tertiary/aromatic N) is 1. The van der Waals surface area contributed by atoms with Gasteiger partial charge in [-0.3, -0.25) is 9.69 Å². The highest BCUT2D eigenvalue weighted by Crippen LogP contribution is 2.37. The van der Waals surface area contributed by atoms with E-state index in [1.165, 1.54) is 4.90 Å². The van der Waals surface area contributed by atoms with Crippen LogP contribution in [-0.2, 0) is 11.4 Å². The molecule has 1 aliphatic heterocycles. The first-order valence-corrected chi connectivity index (χ1v) is 11.3. The van der Waals surface area contributed by atoms with E-state index in [0.29, 0.717) is 43.1 Å². The summed E-state index contributed by atoms with van der Waals surface area (Å²) >= 11 is 23.8. The van der Waals surface area contributed by atoms with Gasteiger partial charge in [0.05, 0.1) is 22.8 Å². The summed E-state index contributed by atoms with van der Waals surface area (Å²) in [6, 6.07) is 17.8. The van der Waals surface area contributed by atoms with E-state index in [0.717, 1.165) is 11.1 Å². The molecule has 1 N–H and O–H groups in total. The minimum Gasteiger partial charge on any atom is -0.496 e. The lowest BCUT2D eigenvalue weighted by molar-refractivity contribution is -0.113. The van der Waals surface area contributed by atoms with Gasteiger partial charge in [-0.15, -0.1) is 0 Å². The highest BCUT2D eigenvalue weighted by atomic mass is 35.5. The molecule has 1 heterocycles. The van der Waals surface area contributed by atoms with Gasteiger partial charge in [0.25, 0.3) is 5.91 Å². The van der Waals surface area contributed by atoms with Gasteiger partial charge in [0.15, 0.2) is 10.9 Å². The quantitative estimate of drug-likeness (QED) is 0.298. The third kappa shape index (κ3) is 5.09. The fraction of sp³-hybridized carbons (Fsp3) is 0.0833. The molecule has 0 atom stereocenters. The van der Waals surface area contributed by atoms with E-state index in [4.69, 9.17) is 56.5 Å². The van der Waals surface area contributed by atoms with Crippen LogP contribution >= 0.6 is 47.0 Å². The number of carbonyl (C=O) groups excluding carboxylic acids is 1. The molecule has 3 aromatic carbocycles. The average Bonchev–Trinajstić information content (AvgIpc) is 3.06. The van der Waals surface area contributed by atoms with Crippen LogP contribution in [0, 0.1) is 0 Å². The van der Waals surface area contributed by atoms with Crippen molar-refractivity contribution in [3.8, 4) is 11.5 Å². The second kappa shape index (κ2) is 10.0. The van der Waals surface area contributed by atoms with E-state index in [1.54, 1.807) is 31.4 Å². The van der Waals surface area contributed by atoms with Crippen molar-refractivity contribution in [3.05, 3.63) is 92.6 Å². The molecule has 0 aromatic heterocycles. The summed E-state index contributed by atoms with van der Waals surface area (Å²) in [7, 11) is 1.57. The lowest BCUT2D eigenvalue weighted by Gasteiger charge is -2.14. The zero-order valence-corrected chi connectivity index (χ0v) is 20.4. The van der Waals surface area contributed by atoms with Crippen LogP contribution < -0.4 is 19.7 Å². The predicted octanol–water partition coefficient (Wildman–Crippen LogP) is 6.50. The van der Waals surface area contributed by atoms with E-state index >= 15 is 0 Å². The molecule has 33 heavy (non-hydrogen) atoms. The molecule has 0 spiro atoms. The number of hydrogen-bond donors (Lipinski definition) is 1. The Hall–Kier alpha value is -2.77. The molecular weight excluding hydrogens is 503 g/mol. The Balaban J connectivity index is 1.59. The van der Waals surface area contributed by atoms with Gasteiger partial charge in [0, 0.05) is 10.6 Å². The van der Waals surface area contributed by atoms with Crippen LogP contribution in [-0.4, -0.2) is 18.1 Å². The molecule has 0 bridgehead atoms. The SMILES string of the molecule is COc1ccc(/C=C2/NC(=S)N(c3ccccc3)C2=O)cc1COc1c(Cl)cc(Cl)cc1Cl. The fourth-order valence-electron chi connectivity index (χ4n) is 3.33. The Morgan fingerprint density at radius 2 is 1.73 bits per heavy atom. The van der Waals surface area contributed by atoms with Gasteiger partial charge >= 0.3 is 0 Å². The van der Waals surface area contributed by atoms with Crippen molar-refractivity contribution in [1.29, 1.82) is 0 Å². The molecule has 168 valence electrons. The monoisotopic (exact) mass is 518 g/mol. The molecule has 4 rings (SSSR count). The molecule has 1 amide bonds. The van der Waals surface area contributed by atoms with Crippen molar-refractivity contribution in [1.82, 2.24) is 5.32 Å². The fourth-order valence-corrected chi connectivity index (χ4v) is 4.56. The summed E-state index contributed by atoms with van der Waals surface area (Å²) in [6.45, 7) is 0.136. The minimum atomic E-state index is -0.237. The second-order valence-corrected chi connectivity index (χ2v) is 8.66. The first-order chi connectivity index (χ1) is 15.9. The van der Waals surface area contributed by atoms with Crippen LogP contribution in [0.25, 0.3) is 6.08 Å². The zero-order chi connectivity index (χ0) is 23.5. The molecule has 0 unspecified atom stereocenters. The largest absolute Gasteiger partial charge is 0.496 e. The number of methoxy groups -OCH3 is 1. The number of amides is 1. The molecule has 9 heteroatoms. The first-order valence-electron chi connectivity index (χ1n) is 9.74. The van der Waals surface area contributed by atoms with Crippen molar-refractivity contribution < 1.29 is 14.3 Å². The van der Waals surface area contributed by atoms with Crippen LogP contribution in [0.3, 0.4) is 0 Å². The summed E-state index contributed by atoms with van der Waals surface area (Å²) in [5, 5.41) is 4.33.